The number of hydrogen-bond donors (Lipinski definition) is 2. The van der Waals surface area contributed by atoms with E-state index in [1.165, 1.54) is 0 Å². The quantitative estimate of drug-likeness (QED) is 0.764. The second-order valence-corrected chi connectivity index (χ2v) is 4.55. The van der Waals surface area contributed by atoms with E-state index in [1.54, 1.807) is 10.9 Å². The molecule has 1 saturated carbocycles. The predicted octanol–water partition coefficient (Wildman–Crippen LogP) is 1.16. The Morgan fingerprint density at radius 3 is 2.85 bits per heavy atom. The number of rotatable bonds is 1. The van der Waals surface area contributed by atoms with E-state index in [0.29, 0.717) is 5.82 Å². The Bertz CT molecular complexity index is 312. The molecule has 0 aliphatic heterocycles. The number of aliphatic hydroxyl groups is 1. The van der Waals surface area contributed by atoms with Crippen LogP contribution in [0.5, 0.6) is 0 Å². The molecule has 5 heteroatoms. The Morgan fingerprint density at radius 1 is 1.62 bits per heavy atom. The molecule has 2 rings (SSSR count). The third kappa shape index (κ3) is 1.54. The molecule has 72 valence electrons. The van der Waals surface area contributed by atoms with Gasteiger partial charge in [0.25, 0.3) is 0 Å². The Balaban J connectivity index is 2.29. The van der Waals surface area contributed by atoms with Gasteiger partial charge in [-0.05, 0) is 41.9 Å². The topological polar surface area (TPSA) is 64.1 Å². The average Bonchev–Trinajstić information content (AvgIpc) is 2.62. The second kappa shape index (κ2) is 3.45. The van der Waals surface area contributed by atoms with Gasteiger partial charge in [0.05, 0.1) is 21.9 Å². The van der Waals surface area contributed by atoms with Gasteiger partial charge in [-0.2, -0.15) is 5.10 Å². The molecule has 2 atom stereocenters. The molecule has 0 saturated heterocycles. The molecule has 1 aliphatic rings. The maximum absolute atomic E-state index is 9.66. The average molecular weight is 293 g/mol. The van der Waals surface area contributed by atoms with E-state index in [-0.39, 0.29) is 12.1 Å². The number of nitrogens with two attached hydrogens (primary N) is 1. The van der Waals surface area contributed by atoms with Crippen molar-refractivity contribution < 1.29 is 5.11 Å². The van der Waals surface area contributed by atoms with Crippen molar-refractivity contribution in [3.63, 3.8) is 0 Å². The van der Waals surface area contributed by atoms with Gasteiger partial charge >= 0.3 is 0 Å². The minimum Gasteiger partial charge on any atom is -0.391 e. The van der Waals surface area contributed by atoms with Crippen molar-refractivity contribution in [2.24, 2.45) is 0 Å². The first-order valence-electron chi connectivity index (χ1n) is 4.36. The molecule has 1 heterocycles. The molecule has 0 spiro atoms. The van der Waals surface area contributed by atoms with Crippen molar-refractivity contribution in [1.82, 2.24) is 9.78 Å². The van der Waals surface area contributed by atoms with Gasteiger partial charge in [0.1, 0.15) is 5.82 Å². The van der Waals surface area contributed by atoms with Crippen molar-refractivity contribution in [2.45, 2.75) is 31.4 Å². The van der Waals surface area contributed by atoms with E-state index in [9.17, 15) is 5.11 Å². The van der Waals surface area contributed by atoms with Crippen LogP contribution in [0, 0.1) is 3.57 Å². The molecule has 3 N–H and O–H groups in total. The second-order valence-electron chi connectivity index (χ2n) is 3.39. The zero-order chi connectivity index (χ0) is 9.42. The molecule has 0 radical (unpaired) electrons. The fourth-order valence-corrected chi connectivity index (χ4v) is 2.19. The largest absolute Gasteiger partial charge is 0.391 e. The van der Waals surface area contributed by atoms with E-state index in [2.05, 4.69) is 27.7 Å². The van der Waals surface area contributed by atoms with Crippen LogP contribution in [0.15, 0.2) is 6.20 Å². The third-order valence-corrected chi connectivity index (χ3v) is 3.38. The third-order valence-electron chi connectivity index (χ3n) is 2.55. The Morgan fingerprint density at radius 2 is 2.38 bits per heavy atom. The van der Waals surface area contributed by atoms with E-state index >= 15 is 0 Å². The molecular weight excluding hydrogens is 281 g/mol. The number of hydrogen-bond acceptors (Lipinski definition) is 3. The lowest BCUT2D eigenvalue weighted by Gasteiger charge is -2.16. The summed E-state index contributed by atoms with van der Waals surface area (Å²) in [6.45, 7) is 0. The first-order valence-corrected chi connectivity index (χ1v) is 5.44. The predicted molar refractivity (Wildman–Crippen MR) is 58.3 cm³/mol. The van der Waals surface area contributed by atoms with Crippen molar-refractivity contribution in [1.29, 1.82) is 0 Å². The first kappa shape index (κ1) is 9.26. The van der Waals surface area contributed by atoms with Crippen LogP contribution in [0.25, 0.3) is 0 Å². The molecule has 4 nitrogen and oxygen atoms in total. The summed E-state index contributed by atoms with van der Waals surface area (Å²) in [5.74, 6) is 0.673. The van der Waals surface area contributed by atoms with Crippen LogP contribution in [0.2, 0.25) is 0 Å². The summed E-state index contributed by atoms with van der Waals surface area (Å²) in [7, 11) is 0. The summed E-state index contributed by atoms with van der Waals surface area (Å²) < 4.78 is 2.70. The van der Waals surface area contributed by atoms with Crippen LogP contribution in [0.4, 0.5) is 5.82 Å². The summed E-state index contributed by atoms with van der Waals surface area (Å²) >= 11 is 2.15. The zero-order valence-electron chi connectivity index (χ0n) is 7.15. The van der Waals surface area contributed by atoms with E-state index in [0.717, 1.165) is 22.8 Å². The molecule has 2 unspecified atom stereocenters. The fourth-order valence-electron chi connectivity index (χ4n) is 1.82. The lowest BCUT2D eigenvalue weighted by molar-refractivity contribution is 0.131. The van der Waals surface area contributed by atoms with Crippen molar-refractivity contribution >= 4 is 28.4 Å². The highest BCUT2D eigenvalue weighted by molar-refractivity contribution is 14.1. The van der Waals surface area contributed by atoms with Gasteiger partial charge in [0, 0.05) is 0 Å². The SMILES string of the molecule is Nc1c(I)cnn1C1CCCC1O. The molecule has 0 aromatic carbocycles. The van der Waals surface area contributed by atoms with Gasteiger partial charge in [0.2, 0.25) is 0 Å². The lowest BCUT2D eigenvalue weighted by atomic mass is 10.2. The van der Waals surface area contributed by atoms with Crippen LogP contribution >= 0.6 is 22.6 Å². The van der Waals surface area contributed by atoms with Crippen LogP contribution < -0.4 is 5.73 Å². The van der Waals surface area contributed by atoms with Gasteiger partial charge in [-0.25, -0.2) is 4.68 Å². The number of halogens is 1. The minimum absolute atomic E-state index is 0.0866. The van der Waals surface area contributed by atoms with Gasteiger partial charge in [-0.1, -0.05) is 0 Å². The van der Waals surface area contributed by atoms with Gasteiger partial charge in [-0.15, -0.1) is 0 Å². The van der Waals surface area contributed by atoms with Crippen LogP contribution in [0.1, 0.15) is 25.3 Å². The normalized spacial score (nSPS) is 28.2. The van der Waals surface area contributed by atoms with E-state index in [1.807, 2.05) is 0 Å². The van der Waals surface area contributed by atoms with Crippen molar-refractivity contribution in [2.75, 3.05) is 5.73 Å². The maximum Gasteiger partial charge on any atom is 0.135 e. The van der Waals surface area contributed by atoms with E-state index in [4.69, 9.17) is 5.73 Å². The van der Waals surface area contributed by atoms with Crippen molar-refractivity contribution in [3.05, 3.63) is 9.77 Å². The monoisotopic (exact) mass is 293 g/mol. The molecule has 1 aromatic heterocycles. The molecule has 1 aromatic rings. The highest BCUT2D eigenvalue weighted by atomic mass is 127. The Hall–Kier alpha value is -0.300. The molecule has 0 bridgehead atoms. The summed E-state index contributed by atoms with van der Waals surface area (Å²) in [5, 5.41) is 13.8. The van der Waals surface area contributed by atoms with Gasteiger partial charge < -0.3 is 10.8 Å². The van der Waals surface area contributed by atoms with Gasteiger partial charge in [0.15, 0.2) is 0 Å². The van der Waals surface area contributed by atoms with Crippen molar-refractivity contribution in [3.8, 4) is 0 Å². The summed E-state index contributed by atoms with van der Waals surface area (Å²) in [5.41, 5.74) is 5.83. The number of nitrogen functional groups attached to an aromatic ring is 1. The Labute approximate surface area is 90.3 Å². The maximum atomic E-state index is 9.66. The van der Waals surface area contributed by atoms with Crippen LogP contribution in [-0.2, 0) is 0 Å². The van der Waals surface area contributed by atoms with E-state index < -0.39 is 0 Å². The highest BCUT2D eigenvalue weighted by Crippen LogP contribution is 2.32. The molecule has 13 heavy (non-hydrogen) atoms. The minimum atomic E-state index is -0.280. The molecule has 1 fully saturated rings. The smallest absolute Gasteiger partial charge is 0.135 e. The molecule has 0 amide bonds. The Kier molecular flexibility index (Phi) is 2.46. The highest BCUT2D eigenvalue weighted by Gasteiger charge is 2.28. The molecule has 1 aliphatic carbocycles. The summed E-state index contributed by atoms with van der Waals surface area (Å²) in [4.78, 5) is 0. The summed E-state index contributed by atoms with van der Waals surface area (Å²) in [6, 6.07) is 0.0866. The number of aromatic nitrogens is 2. The zero-order valence-corrected chi connectivity index (χ0v) is 9.31. The number of anilines is 1. The standard InChI is InChI=1S/C8H12IN3O/c9-5-4-11-12(8(5)10)6-2-1-3-7(6)13/h4,6-7,13H,1-3,10H2. The summed E-state index contributed by atoms with van der Waals surface area (Å²) in [6.07, 6.45) is 4.35. The van der Waals surface area contributed by atoms with Gasteiger partial charge in [-0.3, -0.25) is 0 Å². The van der Waals surface area contributed by atoms with Crippen LogP contribution in [-0.4, -0.2) is 21.0 Å². The number of nitrogens with zero attached hydrogens (tertiary/aromatic N) is 2. The van der Waals surface area contributed by atoms with Crippen LogP contribution in [0.3, 0.4) is 0 Å². The molecular formula is C8H12IN3O. The fraction of sp³-hybridized carbons (Fsp3) is 0.625. The lowest BCUT2D eigenvalue weighted by Crippen LogP contribution is -2.20. The number of aliphatic hydroxyl groups excluding tert-OH is 1. The first-order chi connectivity index (χ1) is 6.20.